The van der Waals surface area contributed by atoms with Crippen molar-refractivity contribution >= 4 is 17.5 Å². The molecule has 7 heteroatoms. The Hall–Kier alpha value is -3.22. The highest BCUT2D eigenvalue weighted by Crippen LogP contribution is 2.32. The molecule has 1 aromatic carbocycles. The van der Waals surface area contributed by atoms with Crippen LogP contribution in [0.5, 0.6) is 0 Å². The Balaban J connectivity index is 1.62. The number of imidazole rings is 1. The molecule has 0 saturated carbocycles. The molecule has 0 bridgehead atoms. The molecule has 4 rings (SSSR count). The fourth-order valence-corrected chi connectivity index (χ4v) is 4.30. The monoisotopic (exact) mass is 423 g/mol. The molecule has 1 aliphatic heterocycles. The van der Waals surface area contributed by atoms with E-state index in [0.29, 0.717) is 31.7 Å². The lowest BCUT2D eigenvalue weighted by Gasteiger charge is -2.32. The van der Waals surface area contributed by atoms with Gasteiger partial charge in [-0.15, -0.1) is 0 Å². The number of rotatable bonds is 6. The van der Waals surface area contributed by atoms with Crippen molar-refractivity contribution in [2.24, 2.45) is 5.92 Å². The Morgan fingerprint density at radius 2 is 2.03 bits per heavy atom. The van der Waals surface area contributed by atoms with E-state index in [-0.39, 0.29) is 30.0 Å². The molecule has 0 N–H and O–H groups in total. The van der Waals surface area contributed by atoms with Crippen molar-refractivity contribution in [3.05, 3.63) is 71.9 Å². The summed E-state index contributed by atoms with van der Waals surface area (Å²) in [7, 11) is 0. The van der Waals surface area contributed by atoms with Crippen LogP contribution in [0.1, 0.15) is 43.4 Å². The van der Waals surface area contributed by atoms with Crippen LogP contribution in [-0.2, 0) is 14.3 Å². The molecule has 0 spiro atoms. The van der Waals surface area contributed by atoms with Crippen LogP contribution >= 0.6 is 0 Å². The standard InChI is InChI=1S/C24H26FN3O3/c1-2-31-24(30)17-8-7-12-27(16-17)23(29)14-19(18-9-3-4-10-20(18)25)21-15-26-22-11-5-6-13-28(21)22/h3-6,9-11,13,15,17,19H,2,7-8,12,14,16H2,1H3. The van der Waals surface area contributed by atoms with Gasteiger partial charge in [0.1, 0.15) is 11.5 Å². The third kappa shape index (κ3) is 4.45. The number of piperidine rings is 1. The SMILES string of the molecule is CCOC(=O)C1CCCN(C(=O)CC(c2ccccc2F)c2cnc3ccccn23)C1. The van der Waals surface area contributed by atoms with Gasteiger partial charge in [-0.2, -0.15) is 0 Å². The minimum absolute atomic E-state index is 0.0964. The number of ether oxygens (including phenoxy) is 1. The first-order chi connectivity index (χ1) is 15.1. The molecule has 2 atom stereocenters. The van der Waals surface area contributed by atoms with Crippen molar-refractivity contribution in [3.8, 4) is 0 Å². The molecule has 3 heterocycles. The average molecular weight is 423 g/mol. The summed E-state index contributed by atoms with van der Waals surface area (Å²) >= 11 is 0. The smallest absolute Gasteiger partial charge is 0.310 e. The number of pyridine rings is 1. The van der Waals surface area contributed by atoms with Gasteiger partial charge in [0.25, 0.3) is 0 Å². The van der Waals surface area contributed by atoms with Gasteiger partial charge in [0.2, 0.25) is 5.91 Å². The van der Waals surface area contributed by atoms with Crippen molar-refractivity contribution in [3.63, 3.8) is 0 Å². The topological polar surface area (TPSA) is 63.9 Å². The van der Waals surface area contributed by atoms with Crippen LogP contribution in [-0.4, -0.2) is 45.9 Å². The number of likely N-dealkylation sites (tertiary alicyclic amines) is 1. The molecule has 1 aliphatic rings. The summed E-state index contributed by atoms with van der Waals surface area (Å²) in [6, 6.07) is 12.2. The number of carbonyl (C=O) groups excluding carboxylic acids is 2. The number of carbonyl (C=O) groups is 2. The molecule has 0 radical (unpaired) electrons. The number of amides is 1. The van der Waals surface area contributed by atoms with E-state index < -0.39 is 5.92 Å². The van der Waals surface area contributed by atoms with Gasteiger partial charge in [-0.3, -0.25) is 9.59 Å². The molecule has 1 amide bonds. The third-order valence-electron chi connectivity index (χ3n) is 5.86. The van der Waals surface area contributed by atoms with Gasteiger partial charge < -0.3 is 14.0 Å². The summed E-state index contributed by atoms with van der Waals surface area (Å²) in [6.07, 6.45) is 5.13. The Morgan fingerprint density at radius 3 is 2.84 bits per heavy atom. The van der Waals surface area contributed by atoms with Crippen LogP contribution in [0, 0.1) is 11.7 Å². The maximum Gasteiger partial charge on any atom is 0.310 e. The number of aromatic nitrogens is 2. The molecule has 2 unspecified atom stereocenters. The van der Waals surface area contributed by atoms with Gasteiger partial charge in [-0.25, -0.2) is 9.37 Å². The highest BCUT2D eigenvalue weighted by Gasteiger charge is 2.32. The second kappa shape index (κ2) is 9.29. The van der Waals surface area contributed by atoms with E-state index in [1.165, 1.54) is 6.07 Å². The number of benzene rings is 1. The zero-order valence-corrected chi connectivity index (χ0v) is 17.5. The molecule has 162 valence electrons. The number of halogens is 1. The highest BCUT2D eigenvalue weighted by molar-refractivity contribution is 5.79. The number of nitrogens with zero attached hydrogens (tertiary/aromatic N) is 3. The highest BCUT2D eigenvalue weighted by atomic mass is 19.1. The summed E-state index contributed by atoms with van der Waals surface area (Å²) < 4.78 is 21.8. The Morgan fingerprint density at radius 1 is 1.23 bits per heavy atom. The van der Waals surface area contributed by atoms with Crippen molar-refractivity contribution in [2.75, 3.05) is 19.7 Å². The number of fused-ring (bicyclic) bond motifs is 1. The lowest BCUT2D eigenvalue weighted by atomic mass is 9.90. The minimum Gasteiger partial charge on any atom is -0.466 e. The summed E-state index contributed by atoms with van der Waals surface area (Å²) in [5.74, 6) is -1.51. The molecular formula is C24H26FN3O3. The van der Waals surface area contributed by atoms with Crippen LogP contribution < -0.4 is 0 Å². The Labute approximate surface area is 180 Å². The average Bonchev–Trinajstić information content (AvgIpc) is 3.22. The van der Waals surface area contributed by atoms with E-state index in [1.54, 1.807) is 36.2 Å². The van der Waals surface area contributed by atoms with Gasteiger partial charge in [0.15, 0.2) is 0 Å². The normalized spacial score (nSPS) is 17.5. The Kier molecular flexibility index (Phi) is 6.30. The maximum atomic E-state index is 14.8. The van der Waals surface area contributed by atoms with E-state index in [9.17, 15) is 14.0 Å². The predicted molar refractivity (Wildman–Crippen MR) is 114 cm³/mol. The molecule has 2 aromatic heterocycles. The van der Waals surface area contributed by atoms with Crippen molar-refractivity contribution < 1.29 is 18.7 Å². The summed E-state index contributed by atoms with van der Waals surface area (Å²) in [5, 5.41) is 0. The molecule has 3 aromatic rings. The number of esters is 1. The fourth-order valence-electron chi connectivity index (χ4n) is 4.30. The molecular weight excluding hydrogens is 397 g/mol. The van der Waals surface area contributed by atoms with Crippen LogP contribution in [0.3, 0.4) is 0 Å². The lowest BCUT2D eigenvalue weighted by Crippen LogP contribution is -2.43. The van der Waals surface area contributed by atoms with E-state index in [0.717, 1.165) is 17.8 Å². The summed E-state index contributed by atoms with van der Waals surface area (Å²) in [6.45, 7) is 3.03. The fraction of sp³-hybridized carbons (Fsp3) is 0.375. The van der Waals surface area contributed by atoms with Gasteiger partial charge in [0.05, 0.1) is 18.2 Å². The van der Waals surface area contributed by atoms with E-state index in [2.05, 4.69) is 4.98 Å². The molecule has 31 heavy (non-hydrogen) atoms. The second-order valence-corrected chi connectivity index (χ2v) is 7.82. The van der Waals surface area contributed by atoms with Gasteiger partial charge in [0, 0.05) is 37.8 Å². The van der Waals surface area contributed by atoms with Crippen LogP contribution in [0.25, 0.3) is 5.65 Å². The van der Waals surface area contributed by atoms with Gasteiger partial charge in [-0.05, 0) is 43.5 Å². The van der Waals surface area contributed by atoms with Crippen LogP contribution in [0.2, 0.25) is 0 Å². The Bertz CT molecular complexity index is 1080. The quantitative estimate of drug-likeness (QED) is 0.566. The first kappa shape index (κ1) is 21.0. The number of hydrogen-bond donors (Lipinski definition) is 0. The summed E-state index contributed by atoms with van der Waals surface area (Å²) in [5.41, 5.74) is 1.96. The zero-order valence-electron chi connectivity index (χ0n) is 17.5. The largest absolute Gasteiger partial charge is 0.466 e. The van der Waals surface area contributed by atoms with E-state index in [4.69, 9.17) is 4.74 Å². The van der Waals surface area contributed by atoms with Crippen molar-refractivity contribution in [2.45, 2.75) is 32.1 Å². The van der Waals surface area contributed by atoms with Crippen molar-refractivity contribution in [1.29, 1.82) is 0 Å². The molecule has 6 nitrogen and oxygen atoms in total. The minimum atomic E-state index is -0.492. The van der Waals surface area contributed by atoms with Gasteiger partial charge >= 0.3 is 5.97 Å². The second-order valence-electron chi connectivity index (χ2n) is 7.82. The molecule has 1 saturated heterocycles. The van der Waals surface area contributed by atoms with Gasteiger partial charge in [-0.1, -0.05) is 24.3 Å². The van der Waals surface area contributed by atoms with Crippen LogP contribution in [0.4, 0.5) is 4.39 Å². The maximum absolute atomic E-state index is 14.8. The van der Waals surface area contributed by atoms with Crippen LogP contribution in [0.15, 0.2) is 54.9 Å². The lowest BCUT2D eigenvalue weighted by molar-refractivity contribution is -0.151. The van der Waals surface area contributed by atoms with E-state index >= 15 is 0 Å². The first-order valence-corrected chi connectivity index (χ1v) is 10.7. The summed E-state index contributed by atoms with van der Waals surface area (Å²) in [4.78, 5) is 31.6. The zero-order chi connectivity index (χ0) is 21.8. The first-order valence-electron chi connectivity index (χ1n) is 10.7. The number of hydrogen-bond acceptors (Lipinski definition) is 4. The van der Waals surface area contributed by atoms with Crippen molar-refractivity contribution in [1.82, 2.24) is 14.3 Å². The third-order valence-corrected chi connectivity index (χ3v) is 5.86. The molecule has 0 aliphatic carbocycles. The molecule has 1 fully saturated rings. The predicted octanol–water partition coefficient (Wildman–Crippen LogP) is 3.80. The van der Waals surface area contributed by atoms with E-state index in [1.807, 2.05) is 28.8 Å².